The fourth-order valence-electron chi connectivity index (χ4n) is 2.27. The van der Waals surface area contributed by atoms with Crippen molar-refractivity contribution in [3.63, 3.8) is 0 Å². The van der Waals surface area contributed by atoms with Gasteiger partial charge in [-0.2, -0.15) is 4.98 Å². The first kappa shape index (κ1) is 10.5. The van der Waals surface area contributed by atoms with Crippen molar-refractivity contribution in [1.29, 1.82) is 0 Å². The number of hydrogen-bond donors (Lipinski definition) is 1. The van der Waals surface area contributed by atoms with E-state index in [9.17, 15) is 0 Å². The summed E-state index contributed by atoms with van der Waals surface area (Å²) in [6, 6.07) is 0.447. The second kappa shape index (κ2) is 4.67. The molecule has 3 heterocycles. The lowest BCUT2D eigenvalue weighted by atomic mass is 10.2. The van der Waals surface area contributed by atoms with Crippen molar-refractivity contribution in [2.75, 3.05) is 6.54 Å². The number of hydrogen-bond acceptors (Lipinski definition) is 5. The number of aryl methyl sites for hydroxylation is 2. The summed E-state index contributed by atoms with van der Waals surface area (Å²) in [5.41, 5.74) is 1.26. The molecule has 0 amide bonds. The molecule has 1 saturated heterocycles. The van der Waals surface area contributed by atoms with E-state index in [0.29, 0.717) is 6.04 Å². The third-order valence-electron chi connectivity index (χ3n) is 3.15. The molecule has 1 atom stereocenters. The maximum atomic E-state index is 4.72. The number of rotatable bonds is 4. The lowest BCUT2D eigenvalue weighted by molar-refractivity contribution is 0.407. The minimum absolute atomic E-state index is 0.447. The molecular formula is C11H15N5O. The summed E-state index contributed by atoms with van der Waals surface area (Å²) < 4.78 is 6.88. The Balaban J connectivity index is 1.68. The Bertz CT molecular complexity index is 458. The normalized spacial score (nSPS) is 19.9. The topological polar surface area (TPSA) is 68.8 Å². The van der Waals surface area contributed by atoms with Gasteiger partial charge in [-0.25, -0.2) is 4.98 Å². The van der Waals surface area contributed by atoms with Gasteiger partial charge in [-0.1, -0.05) is 5.16 Å². The Morgan fingerprint density at radius 2 is 2.53 bits per heavy atom. The highest BCUT2D eigenvalue weighted by molar-refractivity contribution is 5.07. The molecule has 1 fully saturated rings. The van der Waals surface area contributed by atoms with Gasteiger partial charge in [-0.05, 0) is 19.4 Å². The molecule has 90 valence electrons. The second-order valence-corrected chi connectivity index (χ2v) is 4.26. The van der Waals surface area contributed by atoms with E-state index < -0.39 is 0 Å². The Hall–Kier alpha value is -1.69. The molecule has 1 aliphatic heterocycles. The zero-order valence-electron chi connectivity index (χ0n) is 9.54. The van der Waals surface area contributed by atoms with Gasteiger partial charge >= 0.3 is 0 Å². The molecule has 1 N–H and O–H groups in total. The first-order valence-electron chi connectivity index (χ1n) is 5.92. The van der Waals surface area contributed by atoms with E-state index in [2.05, 4.69) is 25.0 Å². The molecule has 1 aliphatic rings. The van der Waals surface area contributed by atoms with E-state index in [1.807, 2.05) is 12.5 Å². The first-order valence-corrected chi connectivity index (χ1v) is 5.92. The molecule has 17 heavy (non-hydrogen) atoms. The zero-order valence-corrected chi connectivity index (χ0v) is 9.54. The van der Waals surface area contributed by atoms with E-state index in [-0.39, 0.29) is 0 Å². The van der Waals surface area contributed by atoms with Gasteiger partial charge in [-0.3, -0.25) is 0 Å². The number of imidazole rings is 1. The molecule has 0 saturated carbocycles. The summed E-state index contributed by atoms with van der Waals surface area (Å²) in [5, 5.41) is 7.29. The molecule has 0 aliphatic carbocycles. The minimum Gasteiger partial charge on any atom is -0.343 e. The number of nitrogens with zero attached hydrogens (tertiary/aromatic N) is 4. The van der Waals surface area contributed by atoms with Gasteiger partial charge in [0.25, 0.3) is 0 Å². The maximum Gasteiger partial charge on any atom is 0.213 e. The van der Waals surface area contributed by atoms with E-state index in [0.717, 1.165) is 25.3 Å². The Labute approximate surface area is 99.0 Å². The van der Waals surface area contributed by atoms with Crippen LogP contribution in [-0.4, -0.2) is 26.2 Å². The predicted molar refractivity (Wildman–Crippen MR) is 60.2 cm³/mol. The van der Waals surface area contributed by atoms with Gasteiger partial charge < -0.3 is 14.4 Å². The predicted octanol–water partition coefficient (Wildman–Crippen LogP) is 0.933. The van der Waals surface area contributed by atoms with Crippen LogP contribution in [0.5, 0.6) is 0 Å². The third-order valence-corrected chi connectivity index (χ3v) is 3.15. The monoisotopic (exact) mass is 233 g/mol. The fourth-order valence-corrected chi connectivity index (χ4v) is 2.27. The van der Waals surface area contributed by atoms with Crippen molar-refractivity contribution in [3.8, 4) is 0 Å². The molecule has 0 aromatic carbocycles. The van der Waals surface area contributed by atoms with Crippen LogP contribution in [-0.2, 0) is 13.0 Å². The molecule has 0 spiro atoms. The second-order valence-electron chi connectivity index (χ2n) is 4.26. The molecule has 2 aromatic rings. The van der Waals surface area contributed by atoms with Crippen LogP contribution in [0, 0.1) is 0 Å². The van der Waals surface area contributed by atoms with Crippen molar-refractivity contribution in [1.82, 2.24) is 25.0 Å². The van der Waals surface area contributed by atoms with E-state index in [4.69, 9.17) is 4.52 Å². The van der Waals surface area contributed by atoms with Crippen LogP contribution in [0.1, 0.15) is 30.4 Å². The average Bonchev–Trinajstić information content (AvgIpc) is 3.09. The first-order chi connectivity index (χ1) is 8.43. The molecular weight excluding hydrogens is 218 g/mol. The molecule has 6 nitrogen and oxygen atoms in total. The molecule has 6 heteroatoms. The lowest BCUT2D eigenvalue weighted by Crippen LogP contribution is -2.17. The number of nitrogens with one attached hydrogen (secondary N) is 1. The number of aromatic nitrogens is 4. The third kappa shape index (κ3) is 2.21. The van der Waals surface area contributed by atoms with Crippen LogP contribution in [0.15, 0.2) is 23.4 Å². The van der Waals surface area contributed by atoms with Crippen LogP contribution in [0.25, 0.3) is 0 Å². The summed E-state index contributed by atoms with van der Waals surface area (Å²) in [5.74, 6) is 0.740. The van der Waals surface area contributed by atoms with Gasteiger partial charge in [0.15, 0.2) is 5.82 Å². The summed E-state index contributed by atoms with van der Waals surface area (Å²) in [7, 11) is 0. The summed E-state index contributed by atoms with van der Waals surface area (Å²) in [6.07, 6.45) is 8.37. The molecule has 0 unspecified atom stereocenters. The highest BCUT2D eigenvalue weighted by Crippen LogP contribution is 2.22. The van der Waals surface area contributed by atoms with E-state index in [1.54, 1.807) is 0 Å². The van der Waals surface area contributed by atoms with Crippen LogP contribution < -0.4 is 5.32 Å². The van der Waals surface area contributed by atoms with Crippen molar-refractivity contribution in [2.24, 2.45) is 0 Å². The van der Waals surface area contributed by atoms with Gasteiger partial charge in [-0.15, -0.1) is 0 Å². The van der Waals surface area contributed by atoms with Gasteiger partial charge in [0.1, 0.15) is 0 Å². The summed E-state index contributed by atoms with van der Waals surface area (Å²) >= 11 is 0. The Kier molecular flexibility index (Phi) is 2.87. The highest BCUT2D eigenvalue weighted by Gasteiger charge is 2.19. The van der Waals surface area contributed by atoms with Crippen LogP contribution in [0.2, 0.25) is 0 Å². The van der Waals surface area contributed by atoms with Crippen LogP contribution in [0.3, 0.4) is 0 Å². The van der Waals surface area contributed by atoms with Crippen molar-refractivity contribution in [2.45, 2.75) is 31.8 Å². The molecule has 0 radical (unpaired) electrons. The van der Waals surface area contributed by atoms with Crippen molar-refractivity contribution >= 4 is 0 Å². The average molecular weight is 233 g/mol. The maximum absolute atomic E-state index is 4.72. The SMILES string of the molecule is c1nc(CCn2cncc2[C@@H]2CCCN2)no1. The van der Waals surface area contributed by atoms with Crippen molar-refractivity contribution < 1.29 is 4.52 Å². The molecule has 2 aromatic heterocycles. The van der Waals surface area contributed by atoms with Crippen molar-refractivity contribution in [3.05, 3.63) is 30.4 Å². The van der Waals surface area contributed by atoms with E-state index in [1.165, 1.54) is 24.9 Å². The van der Waals surface area contributed by atoms with Gasteiger partial charge in [0, 0.05) is 25.2 Å². The van der Waals surface area contributed by atoms with Crippen LogP contribution in [0.4, 0.5) is 0 Å². The highest BCUT2D eigenvalue weighted by atomic mass is 16.5. The lowest BCUT2D eigenvalue weighted by Gasteiger charge is -2.13. The van der Waals surface area contributed by atoms with Gasteiger partial charge in [0.2, 0.25) is 6.39 Å². The molecule has 3 rings (SSSR count). The van der Waals surface area contributed by atoms with E-state index >= 15 is 0 Å². The Morgan fingerprint density at radius 3 is 3.29 bits per heavy atom. The standard InChI is InChI=1S/C11H15N5O/c1-2-9(13-4-1)10-6-12-7-16(10)5-3-11-14-8-17-15-11/h6-9,13H,1-5H2/t9-/m0/s1. The largest absolute Gasteiger partial charge is 0.343 e. The van der Waals surface area contributed by atoms with Crippen LogP contribution >= 0.6 is 0 Å². The smallest absolute Gasteiger partial charge is 0.213 e. The quantitative estimate of drug-likeness (QED) is 0.851. The van der Waals surface area contributed by atoms with Gasteiger partial charge in [0.05, 0.1) is 12.0 Å². The Morgan fingerprint density at radius 1 is 1.53 bits per heavy atom. The zero-order chi connectivity index (χ0) is 11.5. The fraction of sp³-hybridized carbons (Fsp3) is 0.545. The summed E-state index contributed by atoms with van der Waals surface area (Å²) in [4.78, 5) is 8.24. The minimum atomic E-state index is 0.447. The molecule has 0 bridgehead atoms. The summed E-state index contributed by atoms with van der Waals surface area (Å²) in [6.45, 7) is 1.94.